The van der Waals surface area contributed by atoms with Crippen molar-refractivity contribution in [2.24, 2.45) is 0 Å². The third-order valence-corrected chi connectivity index (χ3v) is 2.65. The Morgan fingerprint density at radius 2 is 2.30 bits per heavy atom. The average molecular weight is 270 g/mol. The van der Waals surface area contributed by atoms with Gasteiger partial charge >= 0.3 is 5.97 Å². The second-order valence-corrected chi connectivity index (χ2v) is 4.11. The van der Waals surface area contributed by atoms with E-state index in [2.05, 4.69) is 15.2 Å². The lowest BCUT2D eigenvalue weighted by Crippen LogP contribution is -2.00. The third-order valence-electron chi connectivity index (χ3n) is 2.65. The van der Waals surface area contributed by atoms with Gasteiger partial charge in [-0.15, -0.1) is 10.2 Å². The van der Waals surface area contributed by atoms with E-state index in [1.165, 1.54) is 0 Å². The summed E-state index contributed by atoms with van der Waals surface area (Å²) in [5, 5.41) is 16.5. The van der Waals surface area contributed by atoms with Crippen molar-refractivity contribution in [1.29, 1.82) is 0 Å². The van der Waals surface area contributed by atoms with E-state index in [0.29, 0.717) is 22.8 Å². The summed E-state index contributed by atoms with van der Waals surface area (Å²) in [5.41, 5.74) is 1.15. The highest BCUT2D eigenvalue weighted by molar-refractivity contribution is 5.70. The van der Waals surface area contributed by atoms with Crippen LogP contribution in [0.3, 0.4) is 0 Å². The van der Waals surface area contributed by atoms with Gasteiger partial charge in [0.1, 0.15) is 12.1 Å². The summed E-state index contributed by atoms with van der Waals surface area (Å²) >= 11 is 0. The van der Waals surface area contributed by atoms with Gasteiger partial charge < -0.3 is 9.84 Å². The van der Waals surface area contributed by atoms with Crippen LogP contribution in [0.25, 0.3) is 5.65 Å². The van der Waals surface area contributed by atoms with Crippen LogP contribution in [0.15, 0.2) is 43.0 Å². The maximum Gasteiger partial charge on any atom is 0.307 e. The number of fused-ring (bicyclic) bond motifs is 1. The Kier molecular flexibility index (Phi) is 3.00. The zero-order valence-electron chi connectivity index (χ0n) is 10.3. The van der Waals surface area contributed by atoms with Crippen LogP contribution >= 0.6 is 0 Å². The number of rotatable bonds is 4. The van der Waals surface area contributed by atoms with E-state index in [-0.39, 0.29) is 6.42 Å². The van der Waals surface area contributed by atoms with Gasteiger partial charge in [-0.1, -0.05) is 12.1 Å². The lowest BCUT2D eigenvalue weighted by atomic mass is 10.1. The maximum atomic E-state index is 10.7. The molecule has 0 saturated heterocycles. The summed E-state index contributed by atoms with van der Waals surface area (Å²) in [5.74, 6) is -0.0651. The Hall–Kier alpha value is -2.96. The molecule has 3 rings (SSSR count). The van der Waals surface area contributed by atoms with Crippen LogP contribution in [0, 0.1) is 0 Å². The van der Waals surface area contributed by atoms with Crippen LogP contribution in [0.4, 0.5) is 0 Å². The summed E-state index contributed by atoms with van der Waals surface area (Å²) in [4.78, 5) is 14.8. The molecule has 0 aliphatic heterocycles. The topological polar surface area (TPSA) is 89.6 Å². The zero-order chi connectivity index (χ0) is 13.9. The van der Waals surface area contributed by atoms with Crippen molar-refractivity contribution < 1.29 is 14.6 Å². The normalized spacial score (nSPS) is 10.6. The van der Waals surface area contributed by atoms with Gasteiger partial charge in [0, 0.05) is 12.4 Å². The molecule has 7 nitrogen and oxygen atoms in total. The fourth-order valence-corrected chi connectivity index (χ4v) is 1.81. The van der Waals surface area contributed by atoms with Crippen molar-refractivity contribution >= 4 is 11.6 Å². The Balaban J connectivity index is 1.91. The van der Waals surface area contributed by atoms with Crippen molar-refractivity contribution in [3.8, 4) is 11.6 Å². The molecule has 100 valence electrons. The molecule has 0 radical (unpaired) electrons. The van der Waals surface area contributed by atoms with Gasteiger partial charge in [-0.3, -0.25) is 9.20 Å². The minimum atomic E-state index is -0.889. The van der Waals surface area contributed by atoms with Crippen LogP contribution in [0.2, 0.25) is 0 Å². The summed E-state index contributed by atoms with van der Waals surface area (Å²) < 4.78 is 7.33. The number of benzene rings is 1. The van der Waals surface area contributed by atoms with E-state index in [9.17, 15) is 4.79 Å². The standard InChI is InChI=1S/C13H10N4O3/c18-11(19)7-9-2-1-3-10(6-9)20-13-12-16-15-8-17(12)5-4-14-13/h1-6,8H,7H2,(H,18,19). The molecule has 0 amide bonds. The predicted molar refractivity (Wildman–Crippen MR) is 68.6 cm³/mol. The van der Waals surface area contributed by atoms with Crippen molar-refractivity contribution in [2.45, 2.75) is 6.42 Å². The summed E-state index contributed by atoms with van der Waals surface area (Å²) in [6, 6.07) is 6.85. The Morgan fingerprint density at radius 1 is 1.40 bits per heavy atom. The van der Waals surface area contributed by atoms with E-state index in [0.717, 1.165) is 0 Å². The quantitative estimate of drug-likeness (QED) is 0.773. The number of ether oxygens (including phenoxy) is 1. The minimum absolute atomic E-state index is 0.0558. The highest BCUT2D eigenvalue weighted by Gasteiger charge is 2.08. The number of aromatic nitrogens is 4. The Bertz CT molecular complexity index is 769. The molecular weight excluding hydrogens is 260 g/mol. The van der Waals surface area contributed by atoms with E-state index in [4.69, 9.17) is 9.84 Å². The van der Waals surface area contributed by atoms with Crippen LogP contribution in [0.1, 0.15) is 5.56 Å². The number of aliphatic carboxylic acids is 1. The molecule has 1 N–H and O–H groups in total. The summed E-state index contributed by atoms with van der Waals surface area (Å²) in [7, 11) is 0. The van der Waals surface area contributed by atoms with Crippen LogP contribution in [0.5, 0.6) is 11.6 Å². The van der Waals surface area contributed by atoms with Crippen LogP contribution < -0.4 is 4.74 Å². The molecule has 0 spiro atoms. The van der Waals surface area contributed by atoms with Gasteiger partial charge in [0.05, 0.1) is 6.42 Å². The molecule has 0 aliphatic rings. The predicted octanol–water partition coefficient (Wildman–Crippen LogP) is 1.54. The molecule has 0 unspecified atom stereocenters. The third kappa shape index (κ3) is 2.41. The van der Waals surface area contributed by atoms with Crippen LogP contribution in [-0.2, 0) is 11.2 Å². The Labute approximate surface area is 113 Å². The van der Waals surface area contributed by atoms with Gasteiger partial charge in [0.15, 0.2) is 0 Å². The summed E-state index contributed by atoms with van der Waals surface area (Å²) in [6.07, 6.45) is 4.78. The largest absolute Gasteiger partial charge is 0.481 e. The van der Waals surface area contributed by atoms with E-state index in [1.54, 1.807) is 47.4 Å². The summed E-state index contributed by atoms with van der Waals surface area (Å²) in [6.45, 7) is 0. The monoisotopic (exact) mass is 270 g/mol. The van der Waals surface area contributed by atoms with Crippen LogP contribution in [-0.4, -0.2) is 30.7 Å². The molecule has 0 fully saturated rings. The fourth-order valence-electron chi connectivity index (χ4n) is 1.81. The van der Waals surface area contributed by atoms with Gasteiger partial charge in [0.25, 0.3) is 5.88 Å². The highest BCUT2D eigenvalue weighted by Crippen LogP contribution is 2.23. The minimum Gasteiger partial charge on any atom is -0.481 e. The molecule has 3 aromatic rings. The van der Waals surface area contributed by atoms with Crippen molar-refractivity contribution in [3.05, 3.63) is 48.5 Å². The molecular formula is C13H10N4O3. The molecule has 2 heterocycles. The van der Waals surface area contributed by atoms with E-state index in [1.807, 2.05) is 0 Å². The first-order chi connectivity index (χ1) is 9.72. The first kappa shape index (κ1) is 12.1. The van der Waals surface area contributed by atoms with Gasteiger partial charge in [0.2, 0.25) is 5.65 Å². The molecule has 20 heavy (non-hydrogen) atoms. The smallest absolute Gasteiger partial charge is 0.307 e. The second kappa shape index (κ2) is 4.96. The molecule has 2 aromatic heterocycles. The van der Waals surface area contributed by atoms with Gasteiger partial charge in [-0.2, -0.15) is 0 Å². The number of hydrogen-bond acceptors (Lipinski definition) is 5. The first-order valence-corrected chi connectivity index (χ1v) is 5.85. The molecule has 1 aromatic carbocycles. The number of carboxylic acid groups (broad SMARTS) is 1. The fraction of sp³-hybridized carbons (Fsp3) is 0.0769. The first-order valence-electron chi connectivity index (χ1n) is 5.85. The number of carboxylic acids is 1. The number of nitrogens with zero attached hydrogens (tertiary/aromatic N) is 4. The van der Waals surface area contributed by atoms with Crippen molar-refractivity contribution in [2.75, 3.05) is 0 Å². The van der Waals surface area contributed by atoms with Gasteiger partial charge in [-0.05, 0) is 17.7 Å². The number of hydrogen-bond donors (Lipinski definition) is 1. The molecule has 0 atom stereocenters. The Morgan fingerprint density at radius 3 is 3.15 bits per heavy atom. The molecule has 0 aliphatic carbocycles. The van der Waals surface area contributed by atoms with Crippen molar-refractivity contribution in [1.82, 2.24) is 19.6 Å². The highest BCUT2D eigenvalue weighted by atomic mass is 16.5. The number of carbonyl (C=O) groups is 1. The second-order valence-electron chi connectivity index (χ2n) is 4.11. The zero-order valence-corrected chi connectivity index (χ0v) is 10.3. The van der Waals surface area contributed by atoms with E-state index < -0.39 is 5.97 Å². The molecule has 7 heteroatoms. The van der Waals surface area contributed by atoms with E-state index >= 15 is 0 Å². The van der Waals surface area contributed by atoms with Crippen molar-refractivity contribution in [3.63, 3.8) is 0 Å². The lowest BCUT2D eigenvalue weighted by molar-refractivity contribution is -0.136. The molecule has 0 bridgehead atoms. The maximum absolute atomic E-state index is 10.7. The molecule has 0 saturated carbocycles. The van der Waals surface area contributed by atoms with Gasteiger partial charge in [-0.25, -0.2) is 4.98 Å². The SMILES string of the molecule is O=C(O)Cc1cccc(Oc2nccn3cnnc23)c1. The average Bonchev–Trinajstić information content (AvgIpc) is 2.88. The lowest BCUT2D eigenvalue weighted by Gasteiger charge is -2.06.